The van der Waals surface area contributed by atoms with Gasteiger partial charge in [0.2, 0.25) is 0 Å². The zero-order valence-corrected chi connectivity index (χ0v) is 15.4. The van der Waals surface area contributed by atoms with Gasteiger partial charge < -0.3 is 24.8 Å². The topological polar surface area (TPSA) is 113 Å². The summed E-state index contributed by atoms with van der Waals surface area (Å²) in [6.07, 6.45) is 2.46. The highest BCUT2D eigenvalue weighted by molar-refractivity contribution is 5.92. The Labute approximate surface area is 158 Å². The first-order valence-corrected chi connectivity index (χ1v) is 8.83. The quantitative estimate of drug-likeness (QED) is 0.371. The van der Waals surface area contributed by atoms with Crippen molar-refractivity contribution in [1.29, 1.82) is 0 Å². The highest BCUT2D eigenvalue weighted by Gasteiger charge is 2.44. The monoisotopic (exact) mass is 378 g/mol. The predicted octanol–water partition coefficient (Wildman–Crippen LogP) is 0.954. The van der Waals surface area contributed by atoms with Gasteiger partial charge in [0, 0.05) is 12.0 Å². The van der Waals surface area contributed by atoms with Gasteiger partial charge in [-0.1, -0.05) is 24.8 Å². The second-order valence-electron chi connectivity index (χ2n) is 6.86. The number of ether oxygens (including phenoxy) is 2. The predicted molar refractivity (Wildman–Crippen MR) is 97.4 cm³/mol. The highest BCUT2D eigenvalue weighted by atomic mass is 16.6. The molecule has 148 valence electrons. The normalized spacial score (nSPS) is 29.0. The zero-order valence-electron chi connectivity index (χ0n) is 15.4. The van der Waals surface area contributed by atoms with Crippen molar-refractivity contribution in [2.45, 2.75) is 44.5 Å². The summed E-state index contributed by atoms with van der Waals surface area (Å²) in [5.41, 5.74) is 1.60. The van der Waals surface area contributed by atoms with Crippen LogP contribution in [0.3, 0.4) is 0 Å². The smallest absolute Gasteiger partial charge is 0.336 e. The molecule has 7 heteroatoms. The van der Waals surface area contributed by atoms with Gasteiger partial charge >= 0.3 is 11.9 Å². The molecule has 1 aliphatic carbocycles. The maximum atomic E-state index is 12.3. The molecule has 27 heavy (non-hydrogen) atoms. The van der Waals surface area contributed by atoms with Crippen molar-refractivity contribution < 1.29 is 34.4 Å². The molecule has 0 bridgehead atoms. The average molecular weight is 378 g/mol. The Morgan fingerprint density at radius 3 is 2.78 bits per heavy atom. The molecule has 2 rings (SSSR count). The number of aliphatic hydroxyl groups is 3. The minimum Gasteiger partial charge on any atom is -0.458 e. The van der Waals surface area contributed by atoms with Crippen molar-refractivity contribution in [3.63, 3.8) is 0 Å². The second kappa shape index (κ2) is 9.12. The summed E-state index contributed by atoms with van der Waals surface area (Å²) in [6, 6.07) is 0. The van der Waals surface area contributed by atoms with E-state index in [4.69, 9.17) is 14.6 Å². The van der Waals surface area contributed by atoms with Crippen LogP contribution in [0.5, 0.6) is 0 Å². The van der Waals surface area contributed by atoms with Crippen molar-refractivity contribution in [3.05, 3.63) is 47.6 Å². The van der Waals surface area contributed by atoms with E-state index < -0.39 is 42.8 Å². The van der Waals surface area contributed by atoms with E-state index in [-0.39, 0.29) is 17.8 Å². The Balaban J connectivity index is 2.36. The van der Waals surface area contributed by atoms with Crippen molar-refractivity contribution in [2.75, 3.05) is 13.2 Å². The summed E-state index contributed by atoms with van der Waals surface area (Å²) >= 11 is 0. The molecule has 4 atom stereocenters. The van der Waals surface area contributed by atoms with E-state index in [1.165, 1.54) is 0 Å². The number of aliphatic hydroxyl groups excluding tert-OH is 3. The van der Waals surface area contributed by atoms with Gasteiger partial charge in [0.15, 0.2) is 0 Å². The van der Waals surface area contributed by atoms with E-state index >= 15 is 0 Å². The molecule has 0 spiro atoms. The molecular formula is C20H26O7. The molecule has 1 heterocycles. The van der Waals surface area contributed by atoms with Crippen molar-refractivity contribution in [1.82, 2.24) is 0 Å². The Hall–Kier alpha value is -2.22. The zero-order chi connectivity index (χ0) is 20.1. The molecular weight excluding hydrogens is 352 g/mol. The lowest BCUT2D eigenvalue weighted by molar-refractivity contribution is -0.148. The number of carbonyl (C=O) groups excluding carboxylic acids is 2. The van der Waals surface area contributed by atoms with E-state index in [1.54, 1.807) is 6.08 Å². The minimum atomic E-state index is -1.42. The Morgan fingerprint density at radius 2 is 2.15 bits per heavy atom. The molecule has 1 unspecified atom stereocenters. The van der Waals surface area contributed by atoms with Crippen molar-refractivity contribution in [2.24, 2.45) is 5.92 Å². The number of allylic oxidation sites excluding steroid dienone is 1. The van der Waals surface area contributed by atoms with Crippen LogP contribution in [0.1, 0.15) is 26.2 Å². The average Bonchev–Trinajstić information content (AvgIpc) is 2.92. The van der Waals surface area contributed by atoms with Gasteiger partial charge in [-0.05, 0) is 31.4 Å². The highest BCUT2D eigenvalue weighted by Crippen LogP contribution is 2.36. The summed E-state index contributed by atoms with van der Waals surface area (Å²) < 4.78 is 10.9. The third kappa shape index (κ3) is 4.94. The van der Waals surface area contributed by atoms with Gasteiger partial charge in [0.25, 0.3) is 0 Å². The Kier molecular flexibility index (Phi) is 7.12. The third-order valence-electron chi connectivity index (χ3n) is 4.84. The maximum absolute atomic E-state index is 12.3. The van der Waals surface area contributed by atoms with Gasteiger partial charge in [-0.15, -0.1) is 0 Å². The Morgan fingerprint density at radius 1 is 1.44 bits per heavy atom. The van der Waals surface area contributed by atoms with Gasteiger partial charge in [-0.2, -0.15) is 0 Å². The first-order chi connectivity index (χ1) is 12.8. The van der Waals surface area contributed by atoms with Crippen LogP contribution in [-0.4, -0.2) is 58.8 Å². The SMILES string of the molecule is C=C(C(=O)O[C@H]1C/C(C)=C\CCC(CO)=C[C@H]2OC(=O)C(=C)[C@H]12)C(O)CO. The maximum Gasteiger partial charge on any atom is 0.336 e. The van der Waals surface area contributed by atoms with Crippen LogP contribution in [0, 0.1) is 5.92 Å². The van der Waals surface area contributed by atoms with Crippen molar-refractivity contribution in [3.8, 4) is 0 Å². The van der Waals surface area contributed by atoms with E-state index in [1.807, 2.05) is 13.0 Å². The second-order valence-corrected chi connectivity index (χ2v) is 6.86. The molecule has 1 saturated heterocycles. The number of esters is 2. The molecule has 0 amide bonds. The lowest BCUT2D eigenvalue weighted by atomic mass is 9.85. The molecule has 2 aliphatic rings. The fourth-order valence-electron chi connectivity index (χ4n) is 3.23. The van der Waals surface area contributed by atoms with Crippen LogP contribution in [0.2, 0.25) is 0 Å². The van der Waals surface area contributed by atoms with E-state index in [0.717, 1.165) is 11.1 Å². The van der Waals surface area contributed by atoms with Crippen LogP contribution in [0.15, 0.2) is 47.6 Å². The summed E-state index contributed by atoms with van der Waals surface area (Å²) in [6.45, 7) is 8.32. The lowest BCUT2D eigenvalue weighted by Gasteiger charge is -2.28. The van der Waals surface area contributed by atoms with Crippen LogP contribution >= 0.6 is 0 Å². The minimum absolute atomic E-state index is 0.163. The van der Waals surface area contributed by atoms with Crippen molar-refractivity contribution >= 4 is 11.9 Å². The first kappa shape index (κ1) is 21.1. The molecule has 1 aliphatic heterocycles. The third-order valence-corrected chi connectivity index (χ3v) is 4.84. The van der Waals surface area contributed by atoms with E-state index in [0.29, 0.717) is 19.3 Å². The lowest BCUT2D eigenvalue weighted by Crippen LogP contribution is -2.35. The number of carbonyl (C=O) groups is 2. The molecule has 0 aromatic rings. The largest absolute Gasteiger partial charge is 0.458 e. The van der Waals surface area contributed by atoms with Crippen LogP contribution < -0.4 is 0 Å². The molecule has 1 fully saturated rings. The number of hydrogen-bond acceptors (Lipinski definition) is 7. The number of rotatable bonds is 5. The van der Waals surface area contributed by atoms with Gasteiger partial charge in [-0.3, -0.25) is 0 Å². The van der Waals surface area contributed by atoms with Crippen LogP contribution in [0.4, 0.5) is 0 Å². The van der Waals surface area contributed by atoms with E-state index in [9.17, 15) is 19.8 Å². The van der Waals surface area contributed by atoms with E-state index in [2.05, 4.69) is 13.2 Å². The first-order valence-electron chi connectivity index (χ1n) is 8.83. The number of hydrogen-bond donors (Lipinski definition) is 3. The molecule has 7 nitrogen and oxygen atoms in total. The van der Waals surface area contributed by atoms with Gasteiger partial charge in [0.1, 0.15) is 18.3 Å². The van der Waals surface area contributed by atoms with Gasteiger partial charge in [-0.25, -0.2) is 9.59 Å². The Bertz CT molecular complexity index is 688. The standard InChI is InChI=1S/C20H26O7/c1-11-5-4-6-14(9-21)8-17-18(13(3)20(25)27-17)16(7-11)26-19(24)12(2)15(23)10-22/h5,8,15-18,21-23H,2-4,6-7,9-10H2,1H3/b11-5-,14-8?/t15?,16-,17+,18+/m0/s1. The molecule has 0 radical (unpaired) electrons. The van der Waals surface area contributed by atoms with Crippen LogP contribution in [0.25, 0.3) is 0 Å². The van der Waals surface area contributed by atoms with Gasteiger partial charge in [0.05, 0.1) is 24.7 Å². The summed E-state index contributed by atoms with van der Waals surface area (Å²) in [5, 5.41) is 28.2. The summed E-state index contributed by atoms with van der Waals surface area (Å²) in [5.74, 6) is -2.05. The molecule has 0 aromatic heterocycles. The number of fused-ring (bicyclic) bond motifs is 1. The van der Waals surface area contributed by atoms with Crippen LogP contribution in [-0.2, 0) is 19.1 Å². The summed E-state index contributed by atoms with van der Waals surface area (Å²) in [4.78, 5) is 24.4. The fourth-order valence-corrected chi connectivity index (χ4v) is 3.23. The molecule has 0 saturated carbocycles. The molecule has 0 aromatic carbocycles. The fraction of sp³-hybridized carbons (Fsp3) is 0.500. The summed E-state index contributed by atoms with van der Waals surface area (Å²) in [7, 11) is 0. The molecule has 3 N–H and O–H groups in total.